The van der Waals surface area contributed by atoms with E-state index < -0.39 is 31.1 Å². The molecule has 5 rings (SSSR count). The number of benzene rings is 3. The van der Waals surface area contributed by atoms with Crippen molar-refractivity contribution >= 4 is 18.1 Å². The third kappa shape index (κ3) is 5.60. The van der Waals surface area contributed by atoms with Gasteiger partial charge >= 0.3 is 212 Å². The van der Waals surface area contributed by atoms with Crippen molar-refractivity contribution in [1.82, 2.24) is 0 Å². The van der Waals surface area contributed by atoms with Crippen LogP contribution >= 0.6 is 0 Å². The van der Waals surface area contributed by atoms with E-state index in [0.29, 0.717) is 9.54 Å². The first-order chi connectivity index (χ1) is 15.9. The van der Waals surface area contributed by atoms with E-state index in [0.717, 1.165) is 6.42 Å². The molecule has 0 heterocycles. The van der Waals surface area contributed by atoms with Crippen LogP contribution in [0.3, 0.4) is 0 Å². The van der Waals surface area contributed by atoms with Crippen LogP contribution in [-0.2, 0) is 27.2 Å². The van der Waals surface area contributed by atoms with Crippen molar-refractivity contribution in [3.05, 3.63) is 100 Å². The van der Waals surface area contributed by atoms with Crippen molar-refractivity contribution in [2.75, 3.05) is 0 Å². The molecule has 0 bridgehead atoms. The van der Waals surface area contributed by atoms with Crippen LogP contribution in [0, 0.1) is 0 Å². The zero-order valence-electron chi connectivity index (χ0n) is 21.1. The average Bonchev–Trinajstić information content (AvgIpc) is 3.28. The SMILES string of the molecule is C/[CH]=[Zr+2]/[CH]1c2ccccc2-c2cccc(C3C(CC(C)O[Si](C)(C)C)=Cc4ccccc43)c21.[Cl-].[Cl-]. The summed E-state index contributed by atoms with van der Waals surface area (Å²) < 4.78 is 9.59. The molecule has 5 heteroatoms. The molecule has 0 aromatic heterocycles. The van der Waals surface area contributed by atoms with Crippen molar-refractivity contribution in [2.45, 2.75) is 55.6 Å². The van der Waals surface area contributed by atoms with Gasteiger partial charge in [-0.2, -0.15) is 0 Å². The van der Waals surface area contributed by atoms with E-state index in [9.17, 15) is 0 Å². The van der Waals surface area contributed by atoms with Crippen LogP contribution in [0.1, 0.15) is 57.6 Å². The molecule has 3 atom stereocenters. The van der Waals surface area contributed by atoms with Crippen molar-refractivity contribution in [3.63, 3.8) is 0 Å². The fourth-order valence-corrected chi connectivity index (χ4v) is 10.2. The summed E-state index contributed by atoms with van der Waals surface area (Å²) in [5.74, 6) is 0.330. The van der Waals surface area contributed by atoms with Gasteiger partial charge < -0.3 is 24.8 Å². The average molecular weight is 600 g/mol. The summed E-state index contributed by atoms with van der Waals surface area (Å²) in [5.41, 5.74) is 11.9. The molecule has 0 fully saturated rings. The van der Waals surface area contributed by atoms with E-state index in [-0.39, 0.29) is 30.9 Å². The molecule has 35 heavy (non-hydrogen) atoms. The van der Waals surface area contributed by atoms with Gasteiger partial charge in [0.1, 0.15) is 0 Å². The Labute approximate surface area is 235 Å². The minimum Gasteiger partial charge on any atom is -1.00 e. The molecule has 3 aromatic rings. The third-order valence-electron chi connectivity index (χ3n) is 6.73. The Morgan fingerprint density at radius 2 is 1.49 bits per heavy atom. The number of fused-ring (bicyclic) bond motifs is 4. The Bertz CT molecular complexity index is 1260. The molecule has 1 nitrogen and oxygen atoms in total. The molecule has 0 saturated heterocycles. The second-order valence-corrected chi connectivity index (χ2v) is 18.4. The summed E-state index contributed by atoms with van der Waals surface area (Å²) in [7, 11) is -1.58. The molecule has 3 unspecified atom stereocenters. The molecule has 0 radical (unpaired) electrons. The minimum absolute atomic E-state index is 0. The first-order valence-corrected chi connectivity index (χ1v) is 18.3. The maximum absolute atomic E-state index is 6.49. The zero-order chi connectivity index (χ0) is 23.2. The van der Waals surface area contributed by atoms with Crippen molar-refractivity contribution < 1.29 is 52.0 Å². The third-order valence-corrected chi connectivity index (χ3v) is 11.0. The summed E-state index contributed by atoms with van der Waals surface area (Å²) in [6.07, 6.45) is 3.68. The van der Waals surface area contributed by atoms with Crippen molar-refractivity contribution in [1.29, 1.82) is 0 Å². The van der Waals surface area contributed by atoms with Crippen LogP contribution < -0.4 is 24.8 Å². The fourth-order valence-electron chi connectivity index (χ4n) is 5.79. The van der Waals surface area contributed by atoms with Crippen LogP contribution in [-0.4, -0.2) is 18.1 Å². The van der Waals surface area contributed by atoms with Crippen LogP contribution in [0.15, 0.2) is 72.3 Å². The summed E-state index contributed by atoms with van der Waals surface area (Å²) in [6.45, 7) is 11.4. The molecule has 3 aromatic carbocycles. The summed E-state index contributed by atoms with van der Waals surface area (Å²) in [6, 6.07) is 25.2. The standard InChI is InChI=1S/C28H29OSi.C2H4.2ClH.Zr/c1-19(29-30(2,3)4)16-22-17-20-10-6-8-13-24(20)28(22)26-15-9-14-25-23-12-7-5-11-21(23)18-27(25)26;1-2;;;/h5-15,17-19,28H,16H2,1-4H3;1H,2H3;2*1H;/q;;;;+2/p-2. The molecule has 181 valence electrons. The number of hydrogen-bond acceptors (Lipinski definition) is 1. The van der Waals surface area contributed by atoms with Crippen molar-refractivity contribution in [2.24, 2.45) is 0 Å². The first kappa shape index (κ1) is 28.5. The van der Waals surface area contributed by atoms with Crippen LogP contribution in [0.2, 0.25) is 19.6 Å². The Morgan fingerprint density at radius 3 is 2.20 bits per heavy atom. The van der Waals surface area contributed by atoms with Gasteiger partial charge in [0.05, 0.1) is 0 Å². The topological polar surface area (TPSA) is 9.23 Å². The van der Waals surface area contributed by atoms with E-state index in [1.165, 1.54) is 33.4 Å². The minimum atomic E-state index is -1.58. The van der Waals surface area contributed by atoms with Crippen LogP contribution in [0.25, 0.3) is 17.2 Å². The van der Waals surface area contributed by atoms with E-state index in [1.54, 1.807) is 11.1 Å². The molecule has 0 amide bonds. The molecular weight excluding hydrogens is 567 g/mol. The molecule has 0 saturated carbocycles. The van der Waals surface area contributed by atoms with Gasteiger partial charge in [0, 0.05) is 0 Å². The summed E-state index contributed by atoms with van der Waals surface area (Å²) >= 11 is -0.691. The maximum atomic E-state index is 6.49. The second kappa shape index (κ2) is 11.5. The molecule has 2 aliphatic rings. The van der Waals surface area contributed by atoms with Crippen molar-refractivity contribution in [3.8, 4) is 11.1 Å². The van der Waals surface area contributed by atoms with Gasteiger partial charge in [0.25, 0.3) is 0 Å². The second-order valence-electron chi connectivity index (χ2n) is 10.3. The van der Waals surface area contributed by atoms with Crippen LogP contribution in [0.4, 0.5) is 0 Å². The van der Waals surface area contributed by atoms with Gasteiger partial charge in [0.15, 0.2) is 0 Å². The number of rotatable bonds is 6. The number of halogens is 2. The molecule has 2 aliphatic carbocycles. The normalized spacial score (nSPS) is 18.5. The Morgan fingerprint density at radius 1 is 0.857 bits per heavy atom. The Balaban J connectivity index is 0.00000171. The van der Waals surface area contributed by atoms with E-state index in [2.05, 4.69) is 110 Å². The van der Waals surface area contributed by atoms with Gasteiger partial charge in [0.2, 0.25) is 0 Å². The van der Waals surface area contributed by atoms with E-state index in [4.69, 9.17) is 4.43 Å². The molecular formula is C30H33Cl2OSiZr. The summed E-state index contributed by atoms with van der Waals surface area (Å²) in [5, 5.41) is 0. The fraction of sp³-hybridized carbons (Fsp3) is 0.300. The molecule has 0 aliphatic heterocycles. The van der Waals surface area contributed by atoms with Gasteiger partial charge in [-0.3, -0.25) is 0 Å². The monoisotopic (exact) mass is 597 g/mol. The van der Waals surface area contributed by atoms with Gasteiger partial charge in [-0.25, -0.2) is 0 Å². The quantitative estimate of drug-likeness (QED) is 0.393. The number of hydrogen-bond donors (Lipinski definition) is 0. The maximum Gasteiger partial charge on any atom is -1.00 e. The van der Waals surface area contributed by atoms with Crippen LogP contribution in [0.5, 0.6) is 0 Å². The van der Waals surface area contributed by atoms with Gasteiger partial charge in [-0.05, 0) is 0 Å². The Hall–Kier alpha value is -1.09. The largest absolute Gasteiger partial charge is 1.00 e. The molecule has 0 spiro atoms. The van der Waals surface area contributed by atoms with Gasteiger partial charge in [-0.15, -0.1) is 0 Å². The van der Waals surface area contributed by atoms with E-state index in [1.807, 2.05) is 0 Å². The Kier molecular flexibility index (Phi) is 9.38. The zero-order valence-corrected chi connectivity index (χ0v) is 26.1. The van der Waals surface area contributed by atoms with E-state index >= 15 is 0 Å². The predicted octanol–water partition coefficient (Wildman–Crippen LogP) is 1.83. The summed E-state index contributed by atoms with van der Waals surface area (Å²) in [4.78, 5) is 0. The molecule has 0 N–H and O–H groups in total. The van der Waals surface area contributed by atoms with Gasteiger partial charge in [-0.1, -0.05) is 0 Å². The first-order valence-electron chi connectivity index (χ1n) is 12.1. The predicted molar refractivity (Wildman–Crippen MR) is 140 cm³/mol. The smallest absolute Gasteiger partial charge is 1.00 e.